The van der Waals surface area contributed by atoms with Crippen molar-refractivity contribution in [3.05, 3.63) is 90.3 Å². The third-order valence-corrected chi connectivity index (χ3v) is 5.88. The molecule has 0 radical (unpaired) electrons. The third-order valence-electron chi connectivity index (χ3n) is 4.88. The lowest BCUT2D eigenvalue weighted by atomic mass is 10.2. The molecule has 0 atom stereocenters. The molecule has 5 nitrogen and oxygen atoms in total. The van der Waals surface area contributed by atoms with Crippen LogP contribution < -0.4 is 5.32 Å². The summed E-state index contributed by atoms with van der Waals surface area (Å²) in [6.45, 7) is 2.20. The maximum absolute atomic E-state index is 13.7. The molecule has 2 aromatic carbocycles. The number of amides is 1. The van der Waals surface area contributed by atoms with Gasteiger partial charge in [-0.05, 0) is 36.8 Å². The molecule has 0 bridgehead atoms. The molecule has 0 spiro atoms. The van der Waals surface area contributed by atoms with E-state index in [9.17, 15) is 9.18 Å². The van der Waals surface area contributed by atoms with Gasteiger partial charge in [0, 0.05) is 23.4 Å². The number of rotatable bonds is 8. The normalized spacial score (nSPS) is 10.9. The Morgan fingerprint density at radius 3 is 2.74 bits per heavy atom. The van der Waals surface area contributed by atoms with E-state index in [1.54, 1.807) is 25.3 Å². The first-order valence-corrected chi connectivity index (χ1v) is 10.9. The number of carbonyl (C=O) groups is 1. The van der Waals surface area contributed by atoms with Gasteiger partial charge in [0.2, 0.25) is 5.91 Å². The number of nitrogens with zero attached hydrogens (tertiary/aromatic N) is 2. The van der Waals surface area contributed by atoms with E-state index in [-0.39, 0.29) is 18.1 Å². The Morgan fingerprint density at radius 2 is 1.97 bits per heavy atom. The molecule has 2 heterocycles. The Balaban J connectivity index is 1.45. The van der Waals surface area contributed by atoms with Crippen molar-refractivity contribution >= 4 is 23.4 Å². The van der Waals surface area contributed by atoms with Crippen molar-refractivity contribution in [2.75, 3.05) is 11.1 Å². The smallest absolute Gasteiger partial charge is 0.225 e. The number of benzene rings is 2. The van der Waals surface area contributed by atoms with Crippen LogP contribution in [0.1, 0.15) is 17.7 Å². The van der Waals surface area contributed by atoms with Gasteiger partial charge in [-0.3, -0.25) is 4.79 Å². The molecule has 0 unspecified atom stereocenters. The maximum Gasteiger partial charge on any atom is 0.225 e. The van der Waals surface area contributed by atoms with E-state index < -0.39 is 0 Å². The fourth-order valence-corrected chi connectivity index (χ4v) is 4.13. The standard InChI is InChI=1S/C24H22FN3O2S/c1-17-20(25)10-5-11-21(17)27-23(29)12-14-31-24-26-15-22(18-7-3-2-4-8-18)28(24)16-19-9-6-13-30-19/h2-11,13,15H,12,14,16H2,1H3,(H,27,29). The first-order valence-electron chi connectivity index (χ1n) is 9.93. The van der Waals surface area contributed by atoms with Crippen molar-refractivity contribution in [2.45, 2.75) is 25.0 Å². The van der Waals surface area contributed by atoms with E-state index in [4.69, 9.17) is 4.42 Å². The van der Waals surface area contributed by atoms with Gasteiger partial charge in [-0.25, -0.2) is 9.37 Å². The van der Waals surface area contributed by atoms with Gasteiger partial charge in [-0.2, -0.15) is 0 Å². The van der Waals surface area contributed by atoms with Crippen LogP contribution in [0.3, 0.4) is 0 Å². The van der Waals surface area contributed by atoms with Crippen LogP contribution in [0, 0.1) is 12.7 Å². The number of aromatic nitrogens is 2. The highest BCUT2D eigenvalue weighted by atomic mass is 32.2. The van der Waals surface area contributed by atoms with Crippen molar-refractivity contribution < 1.29 is 13.6 Å². The maximum atomic E-state index is 13.7. The fraction of sp³-hybridized carbons (Fsp3) is 0.167. The Morgan fingerprint density at radius 1 is 1.13 bits per heavy atom. The number of furan rings is 1. The largest absolute Gasteiger partial charge is 0.467 e. The van der Waals surface area contributed by atoms with Crippen LogP contribution in [-0.2, 0) is 11.3 Å². The number of carbonyl (C=O) groups excluding carboxylic acids is 1. The number of nitrogens with one attached hydrogen (secondary N) is 1. The number of anilines is 1. The lowest BCUT2D eigenvalue weighted by Gasteiger charge is -2.11. The van der Waals surface area contributed by atoms with Crippen LogP contribution in [0.4, 0.5) is 10.1 Å². The highest BCUT2D eigenvalue weighted by Crippen LogP contribution is 2.28. The van der Waals surface area contributed by atoms with Crippen molar-refractivity contribution in [1.29, 1.82) is 0 Å². The molecule has 1 N–H and O–H groups in total. The van der Waals surface area contributed by atoms with Gasteiger partial charge < -0.3 is 14.3 Å². The summed E-state index contributed by atoms with van der Waals surface area (Å²) in [6.07, 6.45) is 3.78. The van der Waals surface area contributed by atoms with Crippen LogP contribution in [0.2, 0.25) is 0 Å². The second kappa shape index (κ2) is 9.66. The molecule has 0 aliphatic carbocycles. The quantitative estimate of drug-likeness (QED) is 0.358. The van der Waals surface area contributed by atoms with Gasteiger partial charge in [0.05, 0.1) is 24.7 Å². The van der Waals surface area contributed by atoms with Gasteiger partial charge in [-0.1, -0.05) is 48.2 Å². The van der Waals surface area contributed by atoms with Crippen LogP contribution >= 0.6 is 11.8 Å². The fourth-order valence-electron chi connectivity index (χ4n) is 3.22. The molecule has 0 fully saturated rings. The lowest BCUT2D eigenvalue weighted by molar-refractivity contribution is -0.115. The molecule has 7 heteroatoms. The van der Waals surface area contributed by atoms with E-state index in [1.807, 2.05) is 48.7 Å². The van der Waals surface area contributed by atoms with Gasteiger partial charge >= 0.3 is 0 Å². The predicted octanol–water partition coefficient (Wildman–Crippen LogP) is 5.76. The minimum atomic E-state index is -0.333. The van der Waals surface area contributed by atoms with E-state index in [1.165, 1.54) is 17.8 Å². The lowest BCUT2D eigenvalue weighted by Crippen LogP contribution is -2.13. The first-order chi connectivity index (χ1) is 15.1. The number of imidazole rings is 1. The van der Waals surface area contributed by atoms with E-state index in [0.717, 1.165) is 22.2 Å². The Hall–Kier alpha value is -3.32. The van der Waals surface area contributed by atoms with E-state index in [2.05, 4.69) is 14.9 Å². The zero-order valence-electron chi connectivity index (χ0n) is 17.0. The Labute approximate surface area is 184 Å². The summed E-state index contributed by atoms with van der Waals surface area (Å²) < 4.78 is 21.3. The molecule has 31 heavy (non-hydrogen) atoms. The van der Waals surface area contributed by atoms with Crippen molar-refractivity contribution in [1.82, 2.24) is 9.55 Å². The van der Waals surface area contributed by atoms with Crippen molar-refractivity contribution in [3.63, 3.8) is 0 Å². The third kappa shape index (κ3) is 5.06. The molecule has 0 saturated heterocycles. The molecule has 0 aliphatic heterocycles. The zero-order valence-corrected chi connectivity index (χ0v) is 17.9. The second-order valence-corrected chi connectivity index (χ2v) is 8.08. The molecule has 4 rings (SSSR count). The summed E-state index contributed by atoms with van der Waals surface area (Å²) in [5, 5.41) is 3.60. The van der Waals surface area contributed by atoms with Gasteiger partial charge in [0.25, 0.3) is 0 Å². The summed E-state index contributed by atoms with van der Waals surface area (Å²) in [7, 11) is 0. The summed E-state index contributed by atoms with van der Waals surface area (Å²) in [4.78, 5) is 16.9. The number of halogens is 1. The topological polar surface area (TPSA) is 60.1 Å². The molecule has 0 aliphatic rings. The summed E-state index contributed by atoms with van der Waals surface area (Å²) in [6, 6.07) is 18.5. The van der Waals surface area contributed by atoms with Gasteiger partial charge in [0.1, 0.15) is 11.6 Å². The summed E-state index contributed by atoms with van der Waals surface area (Å²) in [5.74, 6) is 0.884. The molecule has 158 valence electrons. The minimum Gasteiger partial charge on any atom is -0.467 e. The predicted molar refractivity (Wildman–Crippen MR) is 121 cm³/mol. The molecule has 1 amide bonds. The van der Waals surface area contributed by atoms with Crippen LogP contribution in [0.25, 0.3) is 11.3 Å². The van der Waals surface area contributed by atoms with Crippen molar-refractivity contribution in [3.8, 4) is 11.3 Å². The van der Waals surface area contributed by atoms with E-state index in [0.29, 0.717) is 23.5 Å². The Kier molecular flexibility index (Phi) is 6.52. The molecule has 4 aromatic rings. The SMILES string of the molecule is Cc1c(F)cccc1NC(=O)CCSc1ncc(-c2ccccc2)n1Cc1ccco1. The number of hydrogen-bond donors (Lipinski definition) is 1. The van der Waals surface area contributed by atoms with Crippen LogP contribution in [-0.4, -0.2) is 21.2 Å². The molecule has 0 saturated carbocycles. The van der Waals surface area contributed by atoms with Crippen molar-refractivity contribution in [2.24, 2.45) is 0 Å². The highest BCUT2D eigenvalue weighted by Gasteiger charge is 2.15. The average molecular weight is 436 g/mol. The summed E-state index contributed by atoms with van der Waals surface area (Å²) >= 11 is 1.51. The molecular formula is C24H22FN3O2S. The molecular weight excluding hydrogens is 413 g/mol. The van der Waals surface area contributed by atoms with Crippen LogP contribution in [0.15, 0.2) is 82.7 Å². The highest BCUT2D eigenvalue weighted by molar-refractivity contribution is 7.99. The average Bonchev–Trinajstić information content (AvgIpc) is 3.43. The number of hydrogen-bond acceptors (Lipinski definition) is 4. The van der Waals surface area contributed by atoms with Gasteiger partial charge in [0.15, 0.2) is 5.16 Å². The number of thioether (sulfide) groups is 1. The van der Waals surface area contributed by atoms with Crippen LogP contribution in [0.5, 0.6) is 0 Å². The second-order valence-electron chi connectivity index (χ2n) is 7.02. The van der Waals surface area contributed by atoms with E-state index >= 15 is 0 Å². The zero-order chi connectivity index (χ0) is 21.6. The first kappa shape index (κ1) is 20.9. The minimum absolute atomic E-state index is 0.159. The Bertz CT molecular complexity index is 1160. The monoisotopic (exact) mass is 435 g/mol. The molecule has 2 aromatic heterocycles. The summed E-state index contributed by atoms with van der Waals surface area (Å²) in [5.41, 5.74) is 2.98. The van der Waals surface area contributed by atoms with Gasteiger partial charge in [-0.15, -0.1) is 0 Å².